The van der Waals surface area contributed by atoms with Crippen molar-refractivity contribution in [3.63, 3.8) is 0 Å². The van der Waals surface area contributed by atoms with Gasteiger partial charge in [-0.05, 0) is 50.0 Å². The molecule has 2 aromatic rings. The van der Waals surface area contributed by atoms with Crippen molar-refractivity contribution in [2.45, 2.75) is 32.9 Å². The molecule has 19 heavy (non-hydrogen) atoms. The molecular formula is C13H18N4OS. The van der Waals surface area contributed by atoms with E-state index in [9.17, 15) is 0 Å². The van der Waals surface area contributed by atoms with E-state index in [4.69, 9.17) is 10.6 Å². The molecule has 2 rings (SSSR count). The molecule has 0 fully saturated rings. The first-order valence-corrected chi connectivity index (χ1v) is 6.90. The Morgan fingerprint density at radius 3 is 2.42 bits per heavy atom. The van der Waals surface area contributed by atoms with Crippen LogP contribution in [0, 0.1) is 6.92 Å². The molecule has 0 radical (unpaired) electrons. The van der Waals surface area contributed by atoms with E-state index in [1.165, 1.54) is 11.5 Å². The summed E-state index contributed by atoms with van der Waals surface area (Å²) in [5, 5.41) is 4.02. The molecule has 0 bridgehead atoms. The van der Waals surface area contributed by atoms with Crippen molar-refractivity contribution in [1.82, 2.24) is 15.0 Å². The first-order chi connectivity index (χ1) is 9.11. The van der Waals surface area contributed by atoms with E-state index in [0.29, 0.717) is 0 Å². The molecule has 3 N–H and O–H groups in total. The molecule has 1 atom stereocenters. The SMILES string of the molecule is Cc1nnsc1C(NN)c1ccc(OC(C)C)cc1. The zero-order valence-corrected chi connectivity index (χ0v) is 12.1. The highest BCUT2D eigenvalue weighted by molar-refractivity contribution is 7.05. The largest absolute Gasteiger partial charge is 0.491 e. The van der Waals surface area contributed by atoms with Crippen molar-refractivity contribution in [2.24, 2.45) is 5.84 Å². The molecule has 0 saturated heterocycles. The molecule has 0 aliphatic carbocycles. The topological polar surface area (TPSA) is 73.1 Å². The van der Waals surface area contributed by atoms with Crippen LogP contribution in [-0.2, 0) is 0 Å². The molecule has 0 aliphatic heterocycles. The highest BCUT2D eigenvalue weighted by Gasteiger charge is 2.18. The summed E-state index contributed by atoms with van der Waals surface area (Å²) in [7, 11) is 0. The number of nitrogens with two attached hydrogens (primary N) is 1. The molecule has 102 valence electrons. The third-order valence-electron chi connectivity index (χ3n) is 2.70. The Hall–Kier alpha value is -1.50. The number of nitrogens with one attached hydrogen (secondary N) is 1. The highest BCUT2D eigenvalue weighted by Crippen LogP contribution is 2.27. The van der Waals surface area contributed by atoms with Gasteiger partial charge in [0, 0.05) is 0 Å². The molecule has 1 aromatic carbocycles. The third kappa shape index (κ3) is 3.28. The summed E-state index contributed by atoms with van der Waals surface area (Å²) < 4.78 is 9.57. The lowest BCUT2D eigenvalue weighted by Crippen LogP contribution is -2.28. The Kier molecular flexibility index (Phi) is 4.47. The second-order valence-corrected chi connectivity index (χ2v) is 5.34. The summed E-state index contributed by atoms with van der Waals surface area (Å²) in [6, 6.07) is 7.81. The van der Waals surface area contributed by atoms with Crippen LogP contribution in [0.4, 0.5) is 0 Å². The van der Waals surface area contributed by atoms with Gasteiger partial charge in [-0.25, -0.2) is 5.43 Å². The number of rotatable bonds is 5. The van der Waals surface area contributed by atoms with Crippen molar-refractivity contribution in [2.75, 3.05) is 0 Å². The van der Waals surface area contributed by atoms with E-state index in [2.05, 4.69) is 15.0 Å². The van der Waals surface area contributed by atoms with Crippen LogP contribution >= 0.6 is 11.5 Å². The molecule has 6 heteroatoms. The maximum Gasteiger partial charge on any atom is 0.119 e. The fourth-order valence-electron chi connectivity index (χ4n) is 1.84. The minimum absolute atomic E-state index is 0.0897. The Morgan fingerprint density at radius 2 is 1.95 bits per heavy atom. The maximum absolute atomic E-state index is 5.65. The fourth-order valence-corrected chi connectivity index (χ4v) is 2.57. The lowest BCUT2D eigenvalue weighted by Gasteiger charge is -2.16. The van der Waals surface area contributed by atoms with E-state index in [1.807, 2.05) is 45.0 Å². The van der Waals surface area contributed by atoms with Gasteiger partial charge in [-0.15, -0.1) is 5.10 Å². The molecule has 0 saturated carbocycles. The maximum atomic E-state index is 5.65. The van der Waals surface area contributed by atoms with Gasteiger partial charge in [0.15, 0.2) is 0 Å². The molecule has 1 unspecified atom stereocenters. The van der Waals surface area contributed by atoms with Gasteiger partial charge in [0.25, 0.3) is 0 Å². The molecule has 1 heterocycles. The highest BCUT2D eigenvalue weighted by atomic mass is 32.1. The third-order valence-corrected chi connectivity index (χ3v) is 3.59. The fraction of sp³-hybridized carbons (Fsp3) is 0.385. The van der Waals surface area contributed by atoms with Crippen molar-refractivity contribution < 1.29 is 4.74 Å². The lowest BCUT2D eigenvalue weighted by atomic mass is 10.0. The quantitative estimate of drug-likeness (QED) is 0.648. The molecule has 0 aliphatic rings. The van der Waals surface area contributed by atoms with Crippen molar-refractivity contribution >= 4 is 11.5 Å². The minimum atomic E-state index is -0.0897. The Labute approximate surface area is 116 Å². The number of ether oxygens (including phenoxy) is 1. The Bertz CT molecular complexity index is 524. The summed E-state index contributed by atoms with van der Waals surface area (Å²) >= 11 is 1.36. The lowest BCUT2D eigenvalue weighted by molar-refractivity contribution is 0.242. The Balaban J connectivity index is 2.22. The predicted molar refractivity (Wildman–Crippen MR) is 76.0 cm³/mol. The number of hydrazine groups is 1. The van der Waals surface area contributed by atoms with Crippen LogP contribution < -0.4 is 16.0 Å². The van der Waals surface area contributed by atoms with Gasteiger partial charge < -0.3 is 4.74 Å². The summed E-state index contributed by atoms with van der Waals surface area (Å²) in [5.74, 6) is 6.51. The smallest absolute Gasteiger partial charge is 0.119 e. The number of benzene rings is 1. The number of hydrogen-bond donors (Lipinski definition) is 2. The van der Waals surface area contributed by atoms with Crippen molar-refractivity contribution in [3.8, 4) is 5.75 Å². The van der Waals surface area contributed by atoms with Crippen LogP contribution in [0.2, 0.25) is 0 Å². The molecule has 5 nitrogen and oxygen atoms in total. The predicted octanol–water partition coefficient (Wildman–Crippen LogP) is 2.19. The second-order valence-electron chi connectivity index (χ2n) is 4.56. The van der Waals surface area contributed by atoms with Gasteiger partial charge in [0.05, 0.1) is 22.7 Å². The first kappa shape index (κ1) is 13.9. The van der Waals surface area contributed by atoms with Gasteiger partial charge in [-0.2, -0.15) is 0 Å². The average Bonchev–Trinajstić information content (AvgIpc) is 2.78. The zero-order chi connectivity index (χ0) is 13.8. The van der Waals surface area contributed by atoms with E-state index >= 15 is 0 Å². The van der Waals surface area contributed by atoms with E-state index in [0.717, 1.165) is 21.9 Å². The van der Waals surface area contributed by atoms with Gasteiger partial charge >= 0.3 is 0 Å². The summed E-state index contributed by atoms with van der Waals surface area (Å²) in [6.45, 7) is 5.94. The average molecular weight is 278 g/mol. The number of aromatic nitrogens is 2. The standard InChI is InChI=1S/C13H18N4OS/c1-8(2)18-11-6-4-10(5-7-11)12(15-14)13-9(3)16-17-19-13/h4-8,12,15H,14H2,1-3H3. The molecular weight excluding hydrogens is 260 g/mol. The van der Waals surface area contributed by atoms with Crippen LogP contribution in [-0.4, -0.2) is 15.7 Å². The van der Waals surface area contributed by atoms with Crippen LogP contribution in [0.5, 0.6) is 5.75 Å². The number of hydrogen-bond acceptors (Lipinski definition) is 6. The van der Waals surface area contributed by atoms with Gasteiger partial charge in [0.1, 0.15) is 5.75 Å². The summed E-state index contributed by atoms with van der Waals surface area (Å²) in [4.78, 5) is 1.03. The van der Waals surface area contributed by atoms with Crippen LogP contribution in [0.15, 0.2) is 24.3 Å². The number of nitrogens with zero attached hydrogens (tertiary/aromatic N) is 2. The number of aryl methyl sites for hydroxylation is 1. The molecule has 1 aromatic heterocycles. The van der Waals surface area contributed by atoms with E-state index in [1.54, 1.807) is 0 Å². The zero-order valence-electron chi connectivity index (χ0n) is 11.3. The molecule has 0 amide bonds. The van der Waals surface area contributed by atoms with Gasteiger partial charge in [0.2, 0.25) is 0 Å². The summed E-state index contributed by atoms with van der Waals surface area (Å²) in [5.41, 5.74) is 4.77. The normalized spacial score (nSPS) is 12.7. The van der Waals surface area contributed by atoms with E-state index in [-0.39, 0.29) is 12.1 Å². The van der Waals surface area contributed by atoms with Crippen LogP contribution in [0.25, 0.3) is 0 Å². The van der Waals surface area contributed by atoms with Crippen LogP contribution in [0.3, 0.4) is 0 Å². The first-order valence-electron chi connectivity index (χ1n) is 6.13. The van der Waals surface area contributed by atoms with Crippen LogP contribution in [0.1, 0.15) is 36.0 Å². The Morgan fingerprint density at radius 1 is 1.26 bits per heavy atom. The molecule has 0 spiro atoms. The van der Waals surface area contributed by atoms with E-state index < -0.39 is 0 Å². The summed E-state index contributed by atoms with van der Waals surface area (Å²) in [6.07, 6.45) is 0.169. The second kappa shape index (κ2) is 6.10. The monoisotopic (exact) mass is 278 g/mol. The van der Waals surface area contributed by atoms with Gasteiger partial charge in [-0.1, -0.05) is 16.6 Å². The minimum Gasteiger partial charge on any atom is -0.491 e. The van der Waals surface area contributed by atoms with Crippen molar-refractivity contribution in [1.29, 1.82) is 0 Å². The van der Waals surface area contributed by atoms with Crippen molar-refractivity contribution in [3.05, 3.63) is 40.4 Å². The van der Waals surface area contributed by atoms with Gasteiger partial charge in [-0.3, -0.25) is 5.84 Å².